The predicted octanol–water partition coefficient (Wildman–Crippen LogP) is 2.16. The summed E-state index contributed by atoms with van der Waals surface area (Å²) in [6.07, 6.45) is 5.00. The molecule has 3 aliphatic rings. The minimum Gasteiger partial charge on any atom is -0.504 e. The van der Waals surface area contributed by atoms with Gasteiger partial charge < -0.3 is 14.6 Å². The fraction of sp³-hybridized carbons (Fsp3) is 0.526. The van der Waals surface area contributed by atoms with Crippen molar-refractivity contribution in [2.24, 2.45) is 0 Å². The fourth-order valence-corrected chi connectivity index (χ4v) is 5.24. The van der Waals surface area contributed by atoms with Crippen LogP contribution in [-0.2, 0) is 21.4 Å². The SMILES string of the molecule is COC1=CC23CCc4ccc(OC)c(O)c4[C@@]2(CCN3C)CC1=O. The van der Waals surface area contributed by atoms with E-state index in [0.717, 1.165) is 36.9 Å². The lowest BCUT2D eigenvalue weighted by molar-refractivity contribution is -0.122. The van der Waals surface area contributed by atoms with Crippen molar-refractivity contribution in [2.75, 3.05) is 27.8 Å². The molecule has 1 saturated heterocycles. The smallest absolute Gasteiger partial charge is 0.198 e. The molecule has 0 amide bonds. The van der Waals surface area contributed by atoms with Crippen molar-refractivity contribution in [1.82, 2.24) is 4.90 Å². The summed E-state index contributed by atoms with van der Waals surface area (Å²) in [5.74, 6) is 1.13. The summed E-state index contributed by atoms with van der Waals surface area (Å²) in [5, 5.41) is 10.9. The fourth-order valence-electron chi connectivity index (χ4n) is 5.24. The molecule has 0 bridgehead atoms. The normalized spacial score (nSPS) is 31.8. The molecule has 0 saturated carbocycles. The van der Waals surface area contributed by atoms with E-state index in [-0.39, 0.29) is 17.1 Å². The van der Waals surface area contributed by atoms with Crippen molar-refractivity contribution in [3.8, 4) is 11.5 Å². The van der Waals surface area contributed by atoms with E-state index in [2.05, 4.69) is 11.9 Å². The zero-order chi connectivity index (χ0) is 17.1. The van der Waals surface area contributed by atoms with Gasteiger partial charge in [0.2, 0.25) is 0 Å². The van der Waals surface area contributed by atoms with E-state index in [0.29, 0.717) is 17.9 Å². The number of carbonyl (C=O) groups excluding carboxylic acids is 1. The van der Waals surface area contributed by atoms with E-state index in [1.54, 1.807) is 14.2 Å². The Morgan fingerprint density at radius 3 is 2.71 bits per heavy atom. The number of fused-ring (bicyclic) bond motifs is 1. The number of aromatic hydroxyl groups is 1. The molecule has 2 aliphatic carbocycles. The first-order chi connectivity index (χ1) is 11.5. The molecule has 0 radical (unpaired) electrons. The highest BCUT2D eigenvalue weighted by molar-refractivity contribution is 5.97. The van der Waals surface area contributed by atoms with E-state index in [4.69, 9.17) is 9.47 Å². The monoisotopic (exact) mass is 329 g/mol. The quantitative estimate of drug-likeness (QED) is 0.901. The largest absolute Gasteiger partial charge is 0.504 e. The van der Waals surface area contributed by atoms with Gasteiger partial charge in [0.05, 0.1) is 19.8 Å². The number of likely N-dealkylation sites (N-methyl/N-ethyl adjacent to an activating group) is 1. The lowest BCUT2D eigenvalue weighted by atomic mass is 9.54. The van der Waals surface area contributed by atoms with Crippen molar-refractivity contribution < 1.29 is 19.4 Å². The molecule has 128 valence electrons. The van der Waals surface area contributed by atoms with Gasteiger partial charge in [0.15, 0.2) is 23.0 Å². The number of hydrogen-bond acceptors (Lipinski definition) is 5. The minimum absolute atomic E-state index is 0.0125. The lowest BCUT2D eigenvalue weighted by Gasteiger charge is -2.53. The molecular weight excluding hydrogens is 306 g/mol. The van der Waals surface area contributed by atoms with Crippen LogP contribution in [0.3, 0.4) is 0 Å². The van der Waals surface area contributed by atoms with E-state index in [9.17, 15) is 9.90 Å². The molecule has 5 heteroatoms. The molecular formula is C19H23NO4. The van der Waals surface area contributed by atoms with Gasteiger partial charge in [-0.2, -0.15) is 0 Å². The van der Waals surface area contributed by atoms with E-state index >= 15 is 0 Å². The number of allylic oxidation sites excluding steroid dienone is 1. The molecule has 1 N–H and O–H groups in total. The molecule has 1 unspecified atom stereocenters. The number of aryl methyl sites for hydroxylation is 1. The van der Waals surface area contributed by atoms with Crippen LogP contribution in [0.15, 0.2) is 24.0 Å². The van der Waals surface area contributed by atoms with Crippen molar-refractivity contribution in [2.45, 2.75) is 36.6 Å². The summed E-state index contributed by atoms with van der Waals surface area (Å²) in [7, 11) is 5.22. The van der Waals surface area contributed by atoms with Crippen LogP contribution >= 0.6 is 0 Å². The Kier molecular flexibility index (Phi) is 3.23. The standard InChI is InChI=1S/C19H23NO4/c1-20-9-8-18-10-13(21)15(24-3)11-19(18,20)7-6-12-4-5-14(23-2)17(22)16(12)18/h4-5,11,22H,6-10H2,1-3H3/t18-,19?/m1/s1. The predicted molar refractivity (Wildman–Crippen MR) is 89.4 cm³/mol. The third-order valence-corrected chi connectivity index (χ3v) is 6.41. The Morgan fingerprint density at radius 2 is 2.00 bits per heavy atom. The third-order valence-electron chi connectivity index (χ3n) is 6.41. The molecule has 1 aromatic carbocycles. The summed E-state index contributed by atoms with van der Waals surface area (Å²) in [5.41, 5.74) is 1.33. The molecule has 1 fully saturated rings. The second-order valence-electron chi connectivity index (χ2n) is 7.14. The van der Waals surface area contributed by atoms with Crippen LogP contribution in [0.25, 0.3) is 0 Å². The van der Waals surface area contributed by atoms with E-state index in [1.165, 1.54) is 0 Å². The van der Waals surface area contributed by atoms with Gasteiger partial charge >= 0.3 is 0 Å². The maximum atomic E-state index is 12.7. The second-order valence-corrected chi connectivity index (χ2v) is 7.14. The van der Waals surface area contributed by atoms with Crippen molar-refractivity contribution in [3.05, 3.63) is 35.1 Å². The number of Topliss-reactive ketones (excluding diaryl/α,β-unsaturated/α-hetero) is 1. The van der Waals surface area contributed by atoms with E-state index < -0.39 is 5.41 Å². The molecule has 0 spiro atoms. The lowest BCUT2D eigenvalue weighted by Crippen LogP contribution is -2.59. The average Bonchev–Trinajstić information content (AvgIpc) is 2.87. The number of likely N-dealkylation sites (tertiary alicyclic amines) is 1. The van der Waals surface area contributed by atoms with Crippen LogP contribution in [0.5, 0.6) is 11.5 Å². The van der Waals surface area contributed by atoms with Gasteiger partial charge in [0, 0.05) is 17.4 Å². The Bertz CT molecular complexity index is 756. The molecule has 1 aromatic rings. The zero-order valence-corrected chi connectivity index (χ0v) is 14.4. The zero-order valence-electron chi connectivity index (χ0n) is 14.4. The number of phenols is 1. The maximum absolute atomic E-state index is 12.7. The van der Waals surface area contributed by atoms with Crippen LogP contribution in [0.4, 0.5) is 0 Å². The number of carbonyl (C=O) groups is 1. The number of ether oxygens (including phenoxy) is 2. The van der Waals surface area contributed by atoms with Gasteiger partial charge in [0.25, 0.3) is 0 Å². The highest BCUT2D eigenvalue weighted by atomic mass is 16.5. The first-order valence-electron chi connectivity index (χ1n) is 8.40. The van der Waals surface area contributed by atoms with Gasteiger partial charge in [-0.05, 0) is 50.6 Å². The van der Waals surface area contributed by atoms with Gasteiger partial charge in [-0.3, -0.25) is 9.69 Å². The van der Waals surface area contributed by atoms with Crippen LogP contribution < -0.4 is 4.74 Å². The highest BCUT2D eigenvalue weighted by Gasteiger charge is 2.64. The molecule has 24 heavy (non-hydrogen) atoms. The topological polar surface area (TPSA) is 59.0 Å². The van der Waals surface area contributed by atoms with Crippen molar-refractivity contribution in [3.63, 3.8) is 0 Å². The molecule has 1 heterocycles. The van der Waals surface area contributed by atoms with Gasteiger partial charge in [-0.15, -0.1) is 0 Å². The molecule has 1 aliphatic heterocycles. The Balaban J connectivity index is 2.02. The first kappa shape index (κ1) is 15.5. The Hall–Kier alpha value is -2.01. The number of benzene rings is 1. The summed E-state index contributed by atoms with van der Waals surface area (Å²) >= 11 is 0. The molecule has 4 rings (SSSR count). The van der Waals surface area contributed by atoms with E-state index in [1.807, 2.05) is 18.2 Å². The molecule has 2 atom stereocenters. The van der Waals surface area contributed by atoms with Crippen molar-refractivity contribution in [1.29, 1.82) is 0 Å². The maximum Gasteiger partial charge on any atom is 0.198 e. The van der Waals surface area contributed by atoms with Crippen LogP contribution in [0, 0.1) is 0 Å². The number of phenolic OH excluding ortho intramolecular Hbond substituents is 1. The number of ketones is 1. The molecule has 0 aromatic heterocycles. The first-order valence-corrected chi connectivity index (χ1v) is 8.40. The van der Waals surface area contributed by atoms with Gasteiger partial charge in [-0.25, -0.2) is 0 Å². The number of hydrogen-bond donors (Lipinski definition) is 1. The highest BCUT2D eigenvalue weighted by Crippen LogP contribution is 2.61. The summed E-state index contributed by atoms with van der Waals surface area (Å²) in [4.78, 5) is 15.0. The van der Waals surface area contributed by atoms with Crippen LogP contribution in [0.2, 0.25) is 0 Å². The number of nitrogens with zero attached hydrogens (tertiary/aromatic N) is 1. The summed E-state index contributed by atoms with van der Waals surface area (Å²) < 4.78 is 10.7. The molecule has 5 nitrogen and oxygen atoms in total. The summed E-state index contributed by atoms with van der Waals surface area (Å²) in [6, 6.07) is 3.85. The van der Waals surface area contributed by atoms with Gasteiger partial charge in [-0.1, -0.05) is 6.07 Å². The van der Waals surface area contributed by atoms with Crippen LogP contribution in [-0.4, -0.2) is 49.1 Å². The van der Waals surface area contributed by atoms with Gasteiger partial charge in [0.1, 0.15) is 0 Å². The third kappa shape index (κ3) is 1.66. The minimum atomic E-state index is -0.410. The second kappa shape index (κ2) is 4.99. The Morgan fingerprint density at radius 1 is 1.21 bits per heavy atom. The van der Waals surface area contributed by atoms with Crippen LogP contribution in [0.1, 0.15) is 30.4 Å². The summed E-state index contributed by atoms with van der Waals surface area (Å²) in [6.45, 7) is 0.886. The number of methoxy groups -OCH3 is 2. The Labute approximate surface area is 141 Å². The average molecular weight is 329 g/mol. The van der Waals surface area contributed by atoms with Crippen molar-refractivity contribution >= 4 is 5.78 Å². The number of rotatable bonds is 2.